The van der Waals surface area contributed by atoms with Crippen molar-refractivity contribution in [3.63, 3.8) is 0 Å². The maximum atomic E-state index is 13.5. The Kier molecular flexibility index (Phi) is 6.73. The van der Waals surface area contributed by atoms with Gasteiger partial charge in [-0.1, -0.05) is 29.8 Å². The Balaban J connectivity index is 1.54. The lowest BCUT2D eigenvalue weighted by molar-refractivity contribution is 0.101. The fourth-order valence-electron chi connectivity index (χ4n) is 3.54. The number of aromatic amines is 1. The Labute approximate surface area is 200 Å². The van der Waals surface area contributed by atoms with Crippen molar-refractivity contribution in [3.8, 4) is 17.0 Å². The molecule has 4 rings (SSSR count). The molecule has 3 N–H and O–H groups in total. The molecule has 0 saturated heterocycles. The summed E-state index contributed by atoms with van der Waals surface area (Å²) in [6.45, 7) is 1.95. The second-order valence-electron chi connectivity index (χ2n) is 7.82. The van der Waals surface area contributed by atoms with Crippen molar-refractivity contribution in [3.05, 3.63) is 112 Å². The molecule has 4 aromatic rings. The second-order valence-corrected chi connectivity index (χ2v) is 7.82. The molecule has 0 fully saturated rings. The molecule has 0 radical (unpaired) electrons. The molecule has 8 heteroatoms. The molecule has 3 aromatic carbocycles. The number of halogens is 1. The van der Waals surface area contributed by atoms with E-state index in [-0.39, 0.29) is 16.8 Å². The van der Waals surface area contributed by atoms with Gasteiger partial charge in [0.05, 0.1) is 12.8 Å². The average molecular weight is 471 g/mol. The molecular formula is C27H22FN3O4. The molecule has 0 saturated carbocycles. The van der Waals surface area contributed by atoms with Crippen molar-refractivity contribution in [1.29, 1.82) is 0 Å². The van der Waals surface area contributed by atoms with E-state index in [1.165, 1.54) is 37.4 Å². The Bertz CT molecular complexity index is 1480. The van der Waals surface area contributed by atoms with Gasteiger partial charge in [-0.05, 0) is 67.1 Å². The molecule has 35 heavy (non-hydrogen) atoms. The summed E-state index contributed by atoms with van der Waals surface area (Å²) in [6, 6.07) is 20.6. The number of carbonyl (C=O) groups excluding carboxylic acids is 2. The first-order valence-electron chi connectivity index (χ1n) is 10.7. The normalized spacial score (nSPS) is 10.5. The number of nitrogens with one attached hydrogen (secondary N) is 3. The van der Waals surface area contributed by atoms with E-state index in [9.17, 15) is 18.8 Å². The number of methoxy groups -OCH3 is 1. The third-order valence-electron chi connectivity index (χ3n) is 5.28. The Morgan fingerprint density at radius 3 is 2.40 bits per heavy atom. The van der Waals surface area contributed by atoms with Crippen LogP contribution in [0.25, 0.3) is 11.3 Å². The highest BCUT2D eigenvalue weighted by Crippen LogP contribution is 2.28. The quantitative estimate of drug-likeness (QED) is 0.368. The standard InChI is InChI=1S/C27H22FN3O4/c1-16-5-3-6-17(13-16)22-11-10-21(27(34)30-22)26(33)29-20-9-12-24(35-2)23(15-20)31-25(32)18-7-4-8-19(28)14-18/h3-15H,1-2H3,(H,29,33)(H,30,34)(H,31,32). The van der Waals surface area contributed by atoms with Crippen LogP contribution in [0, 0.1) is 12.7 Å². The average Bonchev–Trinajstić information content (AvgIpc) is 2.84. The van der Waals surface area contributed by atoms with E-state index in [0.717, 1.165) is 17.2 Å². The summed E-state index contributed by atoms with van der Waals surface area (Å²) in [4.78, 5) is 40.7. The minimum atomic E-state index is -0.616. The number of H-pyrrole nitrogens is 1. The number of hydrogen-bond donors (Lipinski definition) is 3. The number of aromatic nitrogens is 1. The van der Waals surface area contributed by atoms with Gasteiger partial charge in [0.1, 0.15) is 17.1 Å². The van der Waals surface area contributed by atoms with Crippen LogP contribution in [-0.4, -0.2) is 23.9 Å². The van der Waals surface area contributed by atoms with Gasteiger partial charge in [0.25, 0.3) is 17.4 Å². The van der Waals surface area contributed by atoms with E-state index in [2.05, 4.69) is 15.6 Å². The smallest absolute Gasteiger partial charge is 0.261 e. The summed E-state index contributed by atoms with van der Waals surface area (Å²) >= 11 is 0. The van der Waals surface area contributed by atoms with Gasteiger partial charge in [-0.3, -0.25) is 14.4 Å². The van der Waals surface area contributed by atoms with E-state index >= 15 is 0 Å². The van der Waals surface area contributed by atoms with Crippen LogP contribution in [0.5, 0.6) is 5.75 Å². The monoisotopic (exact) mass is 471 g/mol. The maximum Gasteiger partial charge on any atom is 0.261 e. The first-order valence-corrected chi connectivity index (χ1v) is 10.7. The van der Waals surface area contributed by atoms with Gasteiger partial charge in [-0.2, -0.15) is 0 Å². The van der Waals surface area contributed by atoms with Gasteiger partial charge in [0.15, 0.2) is 0 Å². The highest BCUT2D eigenvalue weighted by molar-refractivity contribution is 6.07. The first kappa shape index (κ1) is 23.4. The van der Waals surface area contributed by atoms with Crippen LogP contribution < -0.4 is 20.9 Å². The largest absolute Gasteiger partial charge is 0.495 e. The predicted octanol–water partition coefficient (Wildman–Crippen LogP) is 5.00. The Morgan fingerprint density at radius 1 is 0.886 bits per heavy atom. The zero-order chi connectivity index (χ0) is 24.9. The van der Waals surface area contributed by atoms with Crippen molar-refractivity contribution in [2.24, 2.45) is 0 Å². The zero-order valence-corrected chi connectivity index (χ0v) is 19.0. The molecule has 0 unspecified atom stereocenters. The van der Waals surface area contributed by atoms with Crippen LogP contribution in [0.15, 0.2) is 83.7 Å². The zero-order valence-electron chi connectivity index (χ0n) is 19.0. The van der Waals surface area contributed by atoms with Gasteiger partial charge in [-0.15, -0.1) is 0 Å². The van der Waals surface area contributed by atoms with Crippen LogP contribution in [0.3, 0.4) is 0 Å². The first-order chi connectivity index (χ1) is 16.8. The van der Waals surface area contributed by atoms with Gasteiger partial charge >= 0.3 is 0 Å². The molecular weight excluding hydrogens is 449 g/mol. The molecule has 176 valence electrons. The van der Waals surface area contributed by atoms with Crippen LogP contribution in [-0.2, 0) is 0 Å². The summed E-state index contributed by atoms with van der Waals surface area (Å²) in [7, 11) is 1.43. The number of amides is 2. The van der Waals surface area contributed by atoms with Crippen LogP contribution in [0.4, 0.5) is 15.8 Å². The van der Waals surface area contributed by atoms with Gasteiger partial charge in [-0.25, -0.2) is 4.39 Å². The Hall–Kier alpha value is -4.72. The number of ether oxygens (including phenoxy) is 1. The lowest BCUT2D eigenvalue weighted by Gasteiger charge is -2.13. The van der Waals surface area contributed by atoms with E-state index in [1.807, 2.05) is 31.2 Å². The van der Waals surface area contributed by atoms with Gasteiger partial charge in [0.2, 0.25) is 0 Å². The molecule has 0 aliphatic rings. The molecule has 1 heterocycles. The molecule has 7 nitrogen and oxygen atoms in total. The van der Waals surface area contributed by atoms with E-state index < -0.39 is 23.2 Å². The summed E-state index contributed by atoms with van der Waals surface area (Å²) in [5, 5.41) is 5.31. The third kappa shape index (κ3) is 5.44. The van der Waals surface area contributed by atoms with Crippen LogP contribution in [0.2, 0.25) is 0 Å². The second kappa shape index (κ2) is 10.0. The lowest BCUT2D eigenvalue weighted by Crippen LogP contribution is -2.23. The molecule has 0 aliphatic heterocycles. The minimum Gasteiger partial charge on any atom is -0.495 e. The predicted molar refractivity (Wildman–Crippen MR) is 133 cm³/mol. The number of benzene rings is 3. The minimum absolute atomic E-state index is 0.0671. The van der Waals surface area contributed by atoms with E-state index in [0.29, 0.717) is 17.1 Å². The third-order valence-corrected chi connectivity index (χ3v) is 5.28. The molecule has 0 spiro atoms. The summed E-state index contributed by atoms with van der Waals surface area (Å²) < 4.78 is 18.7. The topological polar surface area (TPSA) is 100 Å². The van der Waals surface area contributed by atoms with Gasteiger partial charge in [0, 0.05) is 16.9 Å². The van der Waals surface area contributed by atoms with Crippen molar-refractivity contribution < 1.29 is 18.7 Å². The number of hydrogen-bond acceptors (Lipinski definition) is 4. The van der Waals surface area contributed by atoms with Crippen molar-refractivity contribution in [2.45, 2.75) is 6.92 Å². The highest BCUT2D eigenvalue weighted by atomic mass is 19.1. The maximum absolute atomic E-state index is 13.5. The number of carbonyl (C=O) groups is 2. The number of aryl methyl sites for hydroxylation is 1. The van der Waals surface area contributed by atoms with Crippen molar-refractivity contribution in [1.82, 2.24) is 4.98 Å². The SMILES string of the molecule is COc1ccc(NC(=O)c2ccc(-c3cccc(C)c3)[nH]c2=O)cc1NC(=O)c1cccc(F)c1. The van der Waals surface area contributed by atoms with E-state index in [1.54, 1.807) is 18.2 Å². The van der Waals surface area contributed by atoms with Crippen molar-refractivity contribution >= 4 is 23.2 Å². The Morgan fingerprint density at radius 2 is 1.69 bits per heavy atom. The fraction of sp³-hybridized carbons (Fsp3) is 0.0741. The number of anilines is 2. The summed E-state index contributed by atoms with van der Waals surface area (Å²) in [5.41, 5.74) is 2.60. The molecule has 1 aromatic heterocycles. The van der Waals surface area contributed by atoms with E-state index in [4.69, 9.17) is 4.74 Å². The fourth-order valence-corrected chi connectivity index (χ4v) is 3.54. The molecule has 0 bridgehead atoms. The van der Waals surface area contributed by atoms with Crippen LogP contribution >= 0.6 is 0 Å². The van der Waals surface area contributed by atoms with Gasteiger partial charge < -0.3 is 20.4 Å². The summed E-state index contributed by atoms with van der Waals surface area (Å²) in [5.74, 6) is -1.36. The number of pyridine rings is 1. The van der Waals surface area contributed by atoms with Crippen LogP contribution in [0.1, 0.15) is 26.3 Å². The molecule has 2 amide bonds. The number of rotatable bonds is 6. The highest BCUT2D eigenvalue weighted by Gasteiger charge is 2.15. The lowest BCUT2D eigenvalue weighted by atomic mass is 10.1. The molecule has 0 aliphatic carbocycles. The van der Waals surface area contributed by atoms with Crippen molar-refractivity contribution in [2.75, 3.05) is 17.7 Å². The molecule has 0 atom stereocenters. The summed E-state index contributed by atoms with van der Waals surface area (Å²) in [6.07, 6.45) is 0.